The molecule has 3 rings (SSSR count). The summed E-state index contributed by atoms with van der Waals surface area (Å²) >= 11 is 0. The second-order valence-corrected chi connectivity index (χ2v) is 5.84. The number of benzene rings is 2. The molecule has 0 aliphatic rings. The Morgan fingerprint density at radius 1 is 1.12 bits per heavy atom. The maximum Gasteiger partial charge on any atom is 0.193 e. The molecule has 5 nitrogen and oxygen atoms in total. The van der Waals surface area contributed by atoms with E-state index >= 15 is 0 Å². The van der Waals surface area contributed by atoms with Gasteiger partial charge in [-0.05, 0) is 29.7 Å². The zero-order valence-corrected chi connectivity index (χ0v) is 17.1. The number of aliphatic imine (C=N–C) groups is 1. The van der Waals surface area contributed by atoms with Crippen molar-refractivity contribution in [2.45, 2.75) is 26.4 Å². The van der Waals surface area contributed by atoms with Crippen LogP contribution in [-0.4, -0.2) is 15.5 Å². The summed E-state index contributed by atoms with van der Waals surface area (Å²) in [7, 11) is 0. The van der Waals surface area contributed by atoms with Gasteiger partial charge >= 0.3 is 0 Å². The lowest BCUT2D eigenvalue weighted by atomic mass is 10.1. The molecule has 0 amide bonds. The number of imidazole rings is 1. The van der Waals surface area contributed by atoms with E-state index in [9.17, 15) is 0 Å². The first-order chi connectivity index (χ1) is 12.2. The Morgan fingerprint density at radius 2 is 1.88 bits per heavy atom. The van der Waals surface area contributed by atoms with Crippen molar-refractivity contribution in [2.24, 2.45) is 10.7 Å². The summed E-state index contributed by atoms with van der Waals surface area (Å²) in [5, 5.41) is 3.14. The molecule has 0 aliphatic carbocycles. The number of nitrogens with one attached hydrogen (secondary N) is 1. The molecule has 0 spiro atoms. The molecule has 0 saturated carbocycles. The van der Waals surface area contributed by atoms with Gasteiger partial charge in [-0.1, -0.05) is 49.4 Å². The molecule has 0 unspecified atom stereocenters. The molecular weight excluding hydrogens is 437 g/mol. The van der Waals surface area contributed by atoms with Gasteiger partial charge in [0.25, 0.3) is 0 Å². The number of hydrogen-bond acceptors (Lipinski definition) is 2. The second-order valence-electron chi connectivity index (χ2n) is 5.84. The molecule has 6 heteroatoms. The fraction of sp³-hybridized carbons (Fsp3) is 0.200. The highest BCUT2D eigenvalue weighted by molar-refractivity contribution is 14.0. The van der Waals surface area contributed by atoms with Crippen LogP contribution < -0.4 is 11.1 Å². The van der Waals surface area contributed by atoms with Crippen LogP contribution in [0.2, 0.25) is 0 Å². The van der Waals surface area contributed by atoms with Crippen LogP contribution in [0.4, 0.5) is 5.69 Å². The number of hydrogen-bond donors (Lipinski definition) is 2. The Balaban J connectivity index is 0.00000243. The highest BCUT2D eigenvalue weighted by atomic mass is 127. The van der Waals surface area contributed by atoms with Crippen LogP contribution >= 0.6 is 24.0 Å². The fourth-order valence-corrected chi connectivity index (χ4v) is 2.63. The van der Waals surface area contributed by atoms with E-state index in [0.29, 0.717) is 12.5 Å². The Labute approximate surface area is 171 Å². The predicted octanol–water partition coefficient (Wildman–Crippen LogP) is 4.04. The maximum absolute atomic E-state index is 6.02. The zero-order chi connectivity index (χ0) is 17.5. The van der Waals surface area contributed by atoms with Gasteiger partial charge in [0.1, 0.15) is 12.4 Å². The Hall–Kier alpha value is -2.35. The summed E-state index contributed by atoms with van der Waals surface area (Å²) < 4.78 is 2.09. The largest absolute Gasteiger partial charge is 0.370 e. The Bertz CT molecular complexity index is 842. The summed E-state index contributed by atoms with van der Waals surface area (Å²) in [4.78, 5) is 8.81. The highest BCUT2D eigenvalue weighted by Crippen LogP contribution is 2.11. The van der Waals surface area contributed by atoms with Crippen molar-refractivity contribution in [3.8, 4) is 0 Å². The van der Waals surface area contributed by atoms with Crippen LogP contribution in [-0.2, 0) is 19.5 Å². The normalized spacial score (nSPS) is 11.0. The molecule has 3 aromatic rings. The maximum atomic E-state index is 6.02. The molecule has 0 atom stereocenters. The molecule has 0 bridgehead atoms. The molecule has 0 fully saturated rings. The number of aromatic nitrogens is 2. The molecule has 1 aromatic heterocycles. The molecule has 0 aliphatic heterocycles. The fourth-order valence-electron chi connectivity index (χ4n) is 2.63. The van der Waals surface area contributed by atoms with Crippen molar-refractivity contribution in [3.05, 3.63) is 83.9 Å². The van der Waals surface area contributed by atoms with Gasteiger partial charge in [-0.15, -0.1) is 24.0 Å². The average Bonchev–Trinajstić information content (AvgIpc) is 3.08. The predicted molar refractivity (Wildman–Crippen MR) is 118 cm³/mol. The molecule has 26 heavy (non-hydrogen) atoms. The third-order valence-electron chi connectivity index (χ3n) is 4.00. The van der Waals surface area contributed by atoms with Crippen molar-refractivity contribution in [1.29, 1.82) is 0 Å². The van der Waals surface area contributed by atoms with Gasteiger partial charge in [-0.25, -0.2) is 9.98 Å². The Kier molecular flexibility index (Phi) is 7.65. The van der Waals surface area contributed by atoms with Crippen LogP contribution in [0.5, 0.6) is 0 Å². The number of guanidine groups is 1. The quantitative estimate of drug-likeness (QED) is 0.331. The van der Waals surface area contributed by atoms with Gasteiger partial charge in [-0.2, -0.15) is 0 Å². The zero-order valence-electron chi connectivity index (χ0n) is 14.8. The van der Waals surface area contributed by atoms with Crippen molar-refractivity contribution in [3.63, 3.8) is 0 Å². The van der Waals surface area contributed by atoms with Gasteiger partial charge in [0.05, 0.1) is 0 Å². The third kappa shape index (κ3) is 5.59. The molecule has 136 valence electrons. The van der Waals surface area contributed by atoms with Crippen LogP contribution in [0, 0.1) is 0 Å². The smallest absolute Gasteiger partial charge is 0.193 e. The molecule has 3 N–H and O–H groups in total. The SMILES string of the molecule is CCc1cccc(NC(N)=NCc2nccn2Cc2ccccc2)c1.I. The van der Waals surface area contributed by atoms with Gasteiger partial charge in [0, 0.05) is 24.6 Å². The number of halogens is 1. The van der Waals surface area contributed by atoms with Crippen molar-refractivity contribution < 1.29 is 0 Å². The molecule has 0 saturated heterocycles. The Morgan fingerprint density at radius 3 is 2.65 bits per heavy atom. The van der Waals surface area contributed by atoms with E-state index < -0.39 is 0 Å². The topological polar surface area (TPSA) is 68.2 Å². The summed E-state index contributed by atoms with van der Waals surface area (Å²) in [5.74, 6) is 1.28. The summed E-state index contributed by atoms with van der Waals surface area (Å²) in [6, 6.07) is 18.5. The minimum atomic E-state index is 0. The van der Waals surface area contributed by atoms with Gasteiger partial charge < -0.3 is 15.6 Å². The summed E-state index contributed by atoms with van der Waals surface area (Å²) in [5.41, 5.74) is 9.46. The van der Waals surface area contributed by atoms with E-state index in [-0.39, 0.29) is 24.0 Å². The van der Waals surface area contributed by atoms with Gasteiger partial charge in [-0.3, -0.25) is 0 Å². The lowest BCUT2D eigenvalue weighted by Crippen LogP contribution is -2.23. The van der Waals surface area contributed by atoms with Gasteiger partial charge in [0.2, 0.25) is 0 Å². The average molecular weight is 461 g/mol. The van der Waals surface area contributed by atoms with Crippen LogP contribution in [0.3, 0.4) is 0 Å². The number of rotatable bonds is 6. The highest BCUT2D eigenvalue weighted by Gasteiger charge is 2.04. The molecule has 1 heterocycles. The first-order valence-corrected chi connectivity index (χ1v) is 8.44. The van der Waals surface area contributed by atoms with E-state index in [1.54, 1.807) is 6.20 Å². The van der Waals surface area contributed by atoms with E-state index in [1.165, 1.54) is 11.1 Å². The van der Waals surface area contributed by atoms with Crippen LogP contribution in [0.25, 0.3) is 0 Å². The van der Waals surface area contributed by atoms with E-state index in [4.69, 9.17) is 5.73 Å². The van der Waals surface area contributed by atoms with Crippen molar-refractivity contribution >= 4 is 35.6 Å². The van der Waals surface area contributed by atoms with E-state index in [1.807, 2.05) is 36.5 Å². The van der Waals surface area contributed by atoms with Crippen molar-refractivity contribution in [2.75, 3.05) is 5.32 Å². The molecular formula is C20H24IN5. The first-order valence-electron chi connectivity index (χ1n) is 8.44. The second kappa shape index (κ2) is 9.96. The summed E-state index contributed by atoms with van der Waals surface area (Å²) in [6.45, 7) is 3.34. The monoisotopic (exact) mass is 461 g/mol. The third-order valence-corrected chi connectivity index (χ3v) is 4.00. The summed E-state index contributed by atoms with van der Waals surface area (Å²) in [6.07, 6.45) is 4.75. The number of nitrogens with two attached hydrogens (primary N) is 1. The van der Waals surface area contributed by atoms with Crippen LogP contribution in [0.1, 0.15) is 23.9 Å². The number of anilines is 1. The lowest BCUT2D eigenvalue weighted by molar-refractivity contribution is 0.724. The molecule has 0 radical (unpaired) electrons. The molecule has 2 aromatic carbocycles. The lowest BCUT2D eigenvalue weighted by Gasteiger charge is -2.08. The minimum Gasteiger partial charge on any atom is -0.370 e. The van der Waals surface area contributed by atoms with Crippen molar-refractivity contribution in [1.82, 2.24) is 9.55 Å². The van der Waals surface area contributed by atoms with E-state index in [2.05, 4.69) is 51.0 Å². The minimum absolute atomic E-state index is 0. The van der Waals surface area contributed by atoms with Gasteiger partial charge in [0.15, 0.2) is 5.96 Å². The standard InChI is InChI=1S/C20H23N5.HI/c1-2-16-9-6-10-18(13-16)24-20(21)23-14-19-22-11-12-25(19)15-17-7-4-3-5-8-17;/h3-13H,2,14-15H2,1H3,(H3,21,23,24);1H. The van der Waals surface area contributed by atoms with E-state index in [0.717, 1.165) is 24.5 Å². The number of nitrogens with zero attached hydrogens (tertiary/aromatic N) is 3. The first kappa shape index (κ1) is 20.0. The number of aryl methyl sites for hydroxylation is 1. The van der Waals surface area contributed by atoms with Crippen LogP contribution in [0.15, 0.2) is 72.0 Å².